The summed E-state index contributed by atoms with van der Waals surface area (Å²) in [5.74, 6) is 0. The lowest BCUT2D eigenvalue weighted by Gasteiger charge is -2.26. The summed E-state index contributed by atoms with van der Waals surface area (Å²) in [6, 6.07) is 8.46. The van der Waals surface area contributed by atoms with Crippen LogP contribution in [0.25, 0.3) is 0 Å². The predicted molar refractivity (Wildman–Crippen MR) is 64.7 cm³/mol. The lowest BCUT2D eigenvalue weighted by Crippen LogP contribution is -2.29. The van der Waals surface area contributed by atoms with Gasteiger partial charge in [0, 0.05) is 15.9 Å². The first-order chi connectivity index (χ1) is 7.23. The van der Waals surface area contributed by atoms with Crippen molar-refractivity contribution in [3.63, 3.8) is 0 Å². The second kappa shape index (κ2) is 4.24. The van der Waals surface area contributed by atoms with Gasteiger partial charge in [-0.05, 0) is 31.5 Å². The maximum atomic E-state index is 9.45. The van der Waals surface area contributed by atoms with Gasteiger partial charge < -0.3 is 10.4 Å². The third-order valence-corrected chi connectivity index (χ3v) is 4.05. The van der Waals surface area contributed by atoms with Crippen LogP contribution in [0.4, 0.5) is 0 Å². The van der Waals surface area contributed by atoms with Crippen LogP contribution in [0.15, 0.2) is 28.7 Å². The fourth-order valence-corrected chi connectivity index (χ4v) is 2.71. The molecule has 1 atom stereocenters. The van der Waals surface area contributed by atoms with E-state index in [1.807, 2.05) is 25.2 Å². The molecule has 2 N–H and O–H groups in total. The van der Waals surface area contributed by atoms with Crippen molar-refractivity contribution >= 4 is 15.9 Å². The van der Waals surface area contributed by atoms with Gasteiger partial charge in [-0.15, -0.1) is 0 Å². The SMILES string of the molecule is CNC(c1ccccc1Br)C1(CO)CC1. The first kappa shape index (κ1) is 11.1. The van der Waals surface area contributed by atoms with Crippen LogP contribution in [0, 0.1) is 5.41 Å². The van der Waals surface area contributed by atoms with Gasteiger partial charge in [0.25, 0.3) is 0 Å². The molecule has 82 valence electrons. The molecular weight excluding hydrogens is 254 g/mol. The molecule has 0 radical (unpaired) electrons. The van der Waals surface area contributed by atoms with E-state index >= 15 is 0 Å². The van der Waals surface area contributed by atoms with Crippen LogP contribution >= 0.6 is 15.9 Å². The summed E-state index contributed by atoms with van der Waals surface area (Å²) in [5.41, 5.74) is 1.31. The highest BCUT2D eigenvalue weighted by atomic mass is 79.9. The topological polar surface area (TPSA) is 32.3 Å². The Labute approximate surface area is 98.8 Å². The molecule has 1 fully saturated rings. The predicted octanol–water partition coefficient (Wildman–Crippen LogP) is 2.48. The highest BCUT2D eigenvalue weighted by molar-refractivity contribution is 9.10. The van der Waals surface area contributed by atoms with Crippen molar-refractivity contribution < 1.29 is 5.11 Å². The number of rotatable bonds is 4. The van der Waals surface area contributed by atoms with Crippen LogP contribution in [0.2, 0.25) is 0 Å². The van der Waals surface area contributed by atoms with Gasteiger partial charge in [-0.3, -0.25) is 0 Å². The zero-order chi connectivity index (χ0) is 10.9. The van der Waals surface area contributed by atoms with Crippen molar-refractivity contribution in [2.24, 2.45) is 5.41 Å². The highest BCUT2D eigenvalue weighted by Gasteiger charge is 2.49. The standard InChI is InChI=1S/C12H16BrNO/c1-14-11(12(8-15)6-7-12)9-4-2-3-5-10(9)13/h2-5,11,14-15H,6-8H2,1H3. The van der Waals surface area contributed by atoms with Gasteiger partial charge in [0.15, 0.2) is 0 Å². The van der Waals surface area contributed by atoms with E-state index in [-0.39, 0.29) is 18.1 Å². The Kier molecular flexibility index (Phi) is 3.14. The van der Waals surface area contributed by atoms with Crippen LogP contribution in [-0.4, -0.2) is 18.8 Å². The first-order valence-corrected chi connectivity index (χ1v) is 6.05. The molecule has 1 aromatic rings. The Bertz CT molecular complexity index is 349. The molecule has 3 heteroatoms. The molecule has 0 aliphatic heterocycles. The molecule has 0 heterocycles. The number of nitrogens with one attached hydrogen (secondary N) is 1. The molecule has 0 spiro atoms. The Morgan fingerprint density at radius 2 is 2.13 bits per heavy atom. The Balaban J connectivity index is 2.31. The van der Waals surface area contributed by atoms with E-state index in [1.165, 1.54) is 5.56 Å². The fourth-order valence-electron chi connectivity index (χ4n) is 2.20. The normalized spacial score (nSPS) is 19.9. The minimum Gasteiger partial charge on any atom is -0.396 e. The minimum atomic E-state index is 0.0681. The van der Waals surface area contributed by atoms with Gasteiger partial charge in [-0.1, -0.05) is 34.1 Å². The Hall–Kier alpha value is -0.380. The lowest BCUT2D eigenvalue weighted by atomic mass is 9.91. The maximum absolute atomic E-state index is 9.45. The fraction of sp³-hybridized carbons (Fsp3) is 0.500. The molecule has 1 unspecified atom stereocenters. The molecule has 2 rings (SSSR count). The van der Waals surface area contributed by atoms with E-state index in [2.05, 4.69) is 27.3 Å². The smallest absolute Gasteiger partial charge is 0.0505 e. The summed E-state index contributed by atoms with van der Waals surface area (Å²) in [5, 5.41) is 12.8. The molecule has 1 saturated carbocycles. The second-order valence-corrected chi connectivity index (χ2v) is 5.12. The third kappa shape index (κ3) is 1.96. The van der Waals surface area contributed by atoms with Gasteiger partial charge in [-0.2, -0.15) is 0 Å². The summed E-state index contributed by atoms with van der Waals surface area (Å²) in [6.45, 7) is 0.264. The molecule has 0 saturated heterocycles. The quantitative estimate of drug-likeness (QED) is 0.881. The average Bonchev–Trinajstić information content (AvgIpc) is 3.03. The number of hydrogen-bond donors (Lipinski definition) is 2. The van der Waals surface area contributed by atoms with Crippen molar-refractivity contribution in [1.29, 1.82) is 0 Å². The van der Waals surface area contributed by atoms with Crippen molar-refractivity contribution in [1.82, 2.24) is 5.32 Å². The van der Waals surface area contributed by atoms with E-state index in [4.69, 9.17) is 0 Å². The summed E-state index contributed by atoms with van der Waals surface area (Å²) in [7, 11) is 1.96. The number of halogens is 1. The number of aliphatic hydroxyl groups is 1. The van der Waals surface area contributed by atoms with Crippen LogP contribution in [-0.2, 0) is 0 Å². The average molecular weight is 270 g/mol. The third-order valence-electron chi connectivity index (χ3n) is 3.32. The second-order valence-electron chi connectivity index (χ2n) is 4.26. The zero-order valence-corrected chi connectivity index (χ0v) is 10.4. The van der Waals surface area contributed by atoms with E-state index in [9.17, 15) is 5.11 Å². The lowest BCUT2D eigenvalue weighted by molar-refractivity contribution is 0.175. The number of hydrogen-bond acceptors (Lipinski definition) is 2. The molecule has 0 bridgehead atoms. The Morgan fingerprint density at radius 1 is 1.47 bits per heavy atom. The molecular formula is C12H16BrNO. The van der Waals surface area contributed by atoms with Crippen molar-refractivity contribution in [3.05, 3.63) is 34.3 Å². The van der Waals surface area contributed by atoms with E-state index in [0.29, 0.717) is 0 Å². The maximum Gasteiger partial charge on any atom is 0.0505 e. The van der Waals surface area contributed by atoms with Crippen molar-refractivity contribution in [2.75, 3.05) is 13.7 Å². The zero-order valence-electron chi connectivity index (χ0n) is 8.83. The number of benzene rings is 1. The molecule has 1 aliphatic carbocycles. The van der Waals surface area contributed by atoms with Crippen molar-refractivity contribution in [2.45, 2.75) is 18.9 Å². The van der Waals surface area contributed by atoms with Crippen molar-refractivity contribution in [3.8, 4) is 0 Å². The van der Waals surface area contributed by atoms with Crippen LogP contribution in [0.3, 0.4) is 0 Å². The van der Waals surface area contributed by atoms with Gasteiger partial charge >= 0.3 is 0 Å². The van der Waals surface area contributed by atoms with Crippen LogP contribution < -0.4 is 5.32 Å². The molecule has 2 nitrogen and oxygen atoms in total. The highest BCUT2D eigenvalue weighted by Crippen LogP contribution is 2.55. The number of aliphatic hydroxyl groups excluding tert-OH is 1. The Morgan fingerprint density at radius 3 is 2.60 bits per heavy atom. The summed E-state index contributed by atoms with van der Waals surface area (Å²) in [4.78, 5) is 0. The van der Waals surface area contributed by atoms with Gasteiger partial charge in [-0.25, -0.2) is 0 Å². The van der Waals surface area contributed by atoms with Gasteiger partial charge in [0.2, 0.25) is 0 Å². The molecule has 1 aromatic carbocycles. The summed E-state index contributed by atoms with van der Waals surface area (Å²) < 4.78 is 1.11. The van der Waals surface area contributed by atoms with E-state index in [1.54, 1.807) is 0 Å². The molecule has 15 heavy (non-hydrogen) atoms. The summed E-state index contributed by atoms with van der Waals surface area (Å²) >= 11 is 3.57. The van der Waals surface area contributed by atoms with E-state index < -0.39 is 0 Å². The largest absolute Gasteiger partial charge is 0.396 e. The van der Waals surface area contributed by atoms with E-state index in [0.717, 1.165) is 17.3 Å². The monoisotopic (exact) mass is 269 g/mol. The molecule has 0 aromatic heterocycles. The minimum absolute atomic E-state index is 0.0681. The van der Waals surface area contributed by atoms with Crippen LogP contribution in [0.5, 0.6) is 0 Å². The molecule has 0 amide bonds. The van der Waals surface area contributed by atoms with Crippen LogP contribution in [0.1, 0.15) is 24.4 Å². The van der Waals surface area contributed by atoms with Gasteiger partial charge in [0.1, 0.15) is 0 Å². The first-order valence-electron chi connectivity index (χ1n) is 5.26. The summed E-state index contributed by atoms with van der Waals surface area (Å²) in [6.07, 6.45) is 2.21. The molecule has 1 aliphatic rings. The van der Waals surface area contributed by atoms with Gasteiger partial charge in [0.05, 0.1) is 6.61 Å².